The largest absolute Gasteiger partial charge is 0.378 e. The van der Waals surface area contributed by atoms with Crippen molar-refractivity contribution in [3.63, 3.8) is 0 Å². The van der Waals surface area contributed by atoms with Gasteiger partial charge in [-0.25, -0.2) is 8.78 Å². The van der Waals surface area contributed by atoms with Crippen molar-refractivity contribution in [2.75, 3.05) is 116 Å². The fraction of sp³-hybridized carbons (Fsp3) is 0.455. The van der Waals surface area contributed by atoms with Crippen LogP contribution in [0.5, 0.6) is 0 Å². The van der Waals surface area contributed by atoms with Crippen molar-refractivity contribution < 1.29 is 37.3 Å². The van der Waals surface area contributed by atoms with Gasteiger partial charge >= 0.3 is 0 Å². The van der Waals surface area contributed by atoms with E-state index in [2.05, 4.69) is 64.6 Å². The van der Waals surface area contributed by atoms with Crippen LogP contribution in [0.2, 0.25) is 0 Å². The molecule has 2 aromatic heterocycles. The third-order valence-corrected chi connectivity index (χ3v) is 12.8. The monoisotopic (exact) mass is 977 g/mol. The Hall–Kier alpha value is -5.56. The molecule has 1 fully saturated rings. The molecule has 0 radical (unpaired) electrons. The van der Waals surface area contributed by atoms with Crippen LogP contribution in [-0.2, 0) is 46.8 Å². The van der Waals surface area contributed by atoms with Crippen LogP contribution in [0.3, 0.4) is 0 Å². The number of hydrogen-bond acceptors (Lipinski definition) is 12. The first-order valence-corrected chi connectivity index (χ1v) is 24.7. The van der Waals surface area contributed by atoms with E-state index in [-0.39, 0.29) is 40.9 Å². The Balaban J connectivity index is 0.736. The lowest BCUT2D eigenvalue weighted by atomic mass is 9.91. The molecule has 0 aliphatic carbocycles. The zero-order valence-corrected chi connectivity index (χ0v) is 41.6. The average molecular weight is 977 g/mol. The van der Waals surface area contributed by atoms with Gasteiger partial charge in [0.1, 0.15) is 11.6 Å². The summed E-state index contributed by atoms with van der Waals surface area (Å²) in [5.74, 6) is -0.766. The summed E-state index contributed by atoms with van der Waals surface area (Å²) in [6, 6.07) is 26.1. The molecule has 16 heteroatoms. The number of ether oxygens (including phenoxy) is 4. The van der Waals surface area contributed by atoms with Gasteiger partial charge in [-0.1, -0.05) is 50.2 Å². The average Bonchev–Trinajstić information content (AvgIpc) is 3.63. The first kappa shape index (κ1) is 53.2. The van der Waals surface area contributed by atoms with E-state index in [0.717, 1.165) is 59.8 Å². The summed E-state index contributed by atoms with van der Waals surface area (Å²) < 4.78 is 50.5. The summed E-state index contributed by atoms with van der Waals surface area (Å²) in [4.78, 5) is 42.9. The number of benzene rings is 3. The first-order chi connectivity index (χ1) is 34.4. The number of nitrogens with zero attached hydrogens (tertiary/aromatic N) is 5. The highest BCUT2D eigenvalue weighted by Gasteiger charge is 2.41. The molecular formula is C55H70F2N8O6. The highest BCUT2D eigenvalue weighted by molar-refractivity contribution is 5.97. The molecule has 0 bridgehead atoms. The Morgan fingerprint density at radius 2 is 1.49 bits per heavy atom. The number of rotatable bonds is 27. The number of pyridine rings is 2. The maximum absolute atomic E-state index is 14.1. The van der Waals surface area contributed by atoms with E-state index in [4.69, 9.17) is 23.9 Å². The van der Waals surface area contributed by atoms with Gasteiger partial charge in [0.15, 0.2) is 0 Å². The Kier molecular flexibility index (Phi) is 20.1. The second-order valence-corrected chi connectivity index (χ2v) is 19.1. The van der Waals surface area contributed by atoms with Gasteiger partial charge in [0.05, 0.1) is 76.8 Å². The molecule has 2 amide bonds. The van der Waals surface area contributed by atoms with Crippen LogP contribution in [-0.4, -0.2) is 155 Å². The van der Waals surface area contributed by atoms with Crippen molar-refractivity contribution in [1.82, 2.24) is 30.4 Å². The first-order valence-electron chi connectivity index (χ1n) is 24.7. The third kappa shape index (κ3) is 16.5. The number of amides is 2. The van der Waals surface area contributed by atoms with Crippen LogP contribution in [0.1, 0.15) is 43.2 Å². The molecule has 0 spiro atoms. The van der Waals surface area contributed by atoms with E-state index >= 15 is 0 Å². The number of anilines is 2. The number of fused-ring (bicyclic) bond motifs is 1. The van der Waals surface area contributed by atoms with Crippen molar-refractivity contribution in [3.05, 3.63) is 144 Å². The van der Waals surface area contributed by atoms with Gasteiger partial charge in [-0.3, -0.25) is 24.5 Å². The molecule has 4 heterocycles. The van der Waals surface area contributed by atoms with Crippen LogP contribution >= 0.6 is 0 Å². The molecule has 3 N–H and O–H groups in total. The van der Waals surface area contributed by atoms with Gasteiger partial charge in [0.2, 0.25) is 11.8 Å². The smallest absolute Gasteiger partial charge is 0.241 e. The fourth-order valence-corrected chi connectivity index (χ4v) is 9.01. The van der Waals surface area contributed by atoms with Gasteiger partial charge < -0.3 is 44.7 Å². The standard InChI is InChI=1S/C55H70F2N8O6/c1-40-36-64(38-52(66)65-39-55(2,3)53-51(65)33-43(34-61-53)30-41-8-12-46(56)13-9-41)49(35-60-40)37-63(4)21-23-69-25-27-71-29-28-70-26-24-68-22-20-59-50(32-42-6-5-7-47(57)31-42)54(67)62-48-14-10-44(11-15-48)45-16-18-58-19-17-45/h5-19,31,33-34,40,49-50,59-60H,20-30,32,35-39H2,1-4H3,(H,62,67)/t40-,49-,50-/m1/s1. The molecular weight excluding hydrogens is 907 g/mol. The maximum atomic E-state index is 14.1. The molecule has 0 unspecified atom stereocenters. The Bertz CT molecular complexity index is 2430. The fourth-order valence-electron chi connectivity index (χ4n) is 9.01. The molecule has 0 saturated carbocycles. The normalized spacial score (nSPS) is 17.1. The van der Waals surface area contributed by atoms with Gasteiger partial charge in [-0.2, -0.15) is 0 Å². The van der Waals surface area contributed by atoms with Crippen molar-refractivity contribution >= 4 is 23.2 Å². The Morgan fingerprint density at radius 1 is 0.817 bits per heavy atom. The minimum atomic E-state index is -0.610. The van der Waals surface area contributed by atoms with E-state index in [1.54, 1.807) is 36.7 Å². The van der Waals surface area contributed by atoms with E-state index < -0.39 is 6.04 Å². The van der Waals surface area contributed by atoms with Crippen molar-refractivity contribution in [3.8, 4) is 11.1 Å². The number of carbonyl (C=O) groups is 2. The van der Waals surface area contributed by atoms with Gasteiger partial charge in [0, 0.05) is 81.0 Å². The quantitative estimate of drug-likeness (QED) is 0.0521. The van der Waals surface area contributed by atoms with Crippen LogP contribution in [0, 0.1) is 11.6 Å². The van der Waals surface area contributed by atoms with E-state index in [1.165, 1.54) is 24.3 Å². The highest BCUT2D eigenvalue weighted by Crippen LogP contribution is 2.40. The molecule has 380 valence electrons. The number of carbonyl (C=O) groups excluding carboxylic acids is 2. The molecule has 7 rings (SSSR count). The molecule has 1 saturated heterocycles. The summed E-state index contributed by atoms with van der Waals surface area (Å²) >= 11 is 0. The van der Waals surface area contributed by atoms with Crippen LogP contribution in [0.25, 0.3) is 11.1 Å². The molecule has 3 atom stereocenters. The summed E-state index contributed by atoms with van der Waals surface area (Å²) in [7, 11) is 2.08. The maximum Gasteiger partial charge on any atom is 0.241 e. The van der Waals surface area contributed by atoms with Crippen LogP contribution < -0.4 is 20.9 Å². The minimum absolute atomic E-state index is 0.0691. The van der Waals surface area contributed by atoms with Gasteiger partial charge in [-0.15, -0.1) is 0 Å². The molecule has 3 aromatic carbocycles. The van der Waals surface area contributed by atoms with Crippen molar-refractivity contribution in [1.29, 1.82) is 0 Å². The summed E-state index contributed by atoms with van der Waals surface area (Å²) in [6.45, 7) is 14.3. The number of halogens is 2. The number of piperazine rings is 1. The molecule has 2 aliphatic heterocycles. The lowest BCUT2D eigenvalue weighted by molar-refractivity contribution is -0.121. The zero-order valence-electron chi connectivity index (χ0n) is 41.6. The number of likely N-dealkylation sites (N-methyl/N-ethyl adjacent to an activating group) is 1. The lowest BCUT2D eigenvalue weighted by Crippen LogP contribution is -2.60. The van der Waals surface area contributed by atoms with Crippen molar-refractivity contribution in [2.45, 2.75) is 57.2 Å². The number of hydrogen-bond donors (Lipinski definition) is 3. The summed E-state index contributed by atoms with van der Waals surface area (Å²) in [6.07, 6.45) is 6.28. The predicted molar refractivity (Wildman–Crippen MR) is 273 cm³/mol. The number of nitrogens with one attached hydrogen (secondary N) is 3. The third-order valence-electron chi connectivity index (χ3n) is 12.8. The van der Waals surface area contributed by atoms with E-state index in [1.807, 2.05) is 47.5 Å². The van der Waals surface area contributed by atoms with Crippen LogP contribution in [0.15, 0.2) is 110 Å². The SMILES string of the molecule is C[C@@H]1CN(CC(=O)N2CC(C)(C)c3ncc(Cc4ccc(F)cc4)cc32)[C@@H](CN(C)CCOCCOCCOCCOCCN[C@H](Cc2cccc(F)c2)C(=O)Nc2ccc(-c3ccncc3)cc2)CN1. The molecule has 2 aliphatic rings. The second kappa shape index (κ2) is 26.8. The molecule has 14 nitrogen and oxygen atoms in total. The topological polar surface area (TPSA) is 143 Å². The van der Waals surface area contributed by atoms with Gasteiger partial charge in [-0.05, 0) is 109 Å². The van der Waals surface area contributed by atoms with Crippen LogP contribution in [0.4, 0.5) is 20.2 Å². The van der Waals surface area contributed by atoms with E-state index in [0.29, 0.717) is 96.6 Å². The number of aromatic nitrogens is 2. The Morgan fingerprint density at radius 3 is 2.20 bits per heavy atom. The van der Waals surface area contributed by atoms with Gasteiger partial charge in [0.25, 0.3) is 0 Å². The Labute approximate surface area is 417 Å². The highest BCUT2D eigenvalue weighted by atomic mass is 19.1. The van der Waals surface area contributed by atoms with Crippen molar-refractivity contribution in [2.24, 2.45) is 0 Å². The molecule has 5 aromatic rings. The summed E-state index contributed by atoms with van der Waals surface area (Å²) in [5.41, 5.74) is 6.92. The zero-order chi connectivity index (χ0) is 50.0. The second-order valence-electron chi connectivity index (χ2n) is 19.1. The predicted octanol–water partition coefficient (Wildman–Crippen LogP) is 6.14. The summed E-state index contributed by atoms with van der Waals surface area (Å²) in [5, 5.41) is 9.86. The molecule has 71 heavy (non-hydrogen) atoms. The lowest BCUT2D eigenvalue weighted by Gasteiger charge is -2.41. The van der Waals surface area contributed by atoms with E-state index in [9.17, 15) is 18.4 Å². The minimum Gasteiger partial charge on any atom is -0.378 e.